The predicted octanol–water partition coefficient (Wildman–Crippen LogP) is 3.68. The summed E-state index contributed by atoms with van der Waals surface area (Å²) < 4.78 is 6.37. The fourth-order valence-corrected chi connectivity index (χ4v) is 4.03. The lowest BCUT2D eigenvalue weighted by Gasteiger charge is -2.48. The Kier molecular flexibility index (Phi) is 5.91. The molecule has 1 fully saturated rings. The summed E-state index contributed by atoms with van der Waals surface area (Å²) >= 11 is 0. The van der Waals surface area contributed by atoms with Crippen molar-refractivity contribution in [3.8, 4) is 0 Å². The van der Waals surface area contributed by atoms with Gasteiger partial charge in [0, 0.05) is 17.5 Å². The van der Waals surface area contributed by atoms with Crippen LogP contribution in [0.25, 0.3) is 0 Å². The molecule has 0 saturated carbocycles. The summed E-state index contributed by atoms with van der Waals surface area (Å²) in [7, 11) is 4.41. The molecule has 0 radical (unpaired) electrons. The highest BCUT2D eigenvalue weighted by atomic mass is 16.5. The van der Waals surface area contributed by atoms with Crippen LogP contribution in [0.15, 0.2) is 0 Å². The fraction of sp³-hybridized carbons (Fsp3) is 1.00. The maximum Gasteiger partial charge on any atom is 0.0678 e. The predicted molar refractivity (Wildman–Crippen MR) is 91.8 cm³/mol. The number of nitrogens with one attached hydrogen (secondary N) is 1. The Morgan fingerprint density at radius 2 is 1.81 bits per heavy atom. The van der Waals surface area contributed by atoms with Crippen molar-refractivity contribution in [3.63, 3.8) is 0 Å². The van der Waals surface area contributed by atoms with E-state index < -0.39 is 0 Å². The van der Waals surface area contributed by atoms with Gasteiger partial charge in [-0.2, -0.15) is 0 Å². The van der Waals surface area contributed by atoms with Gasteiger partial charge in [0.25, 0.3) is 0 Å². The van der Waals surface area contributed by atoms with Gasteiger partial charge in [-0.1, -0.05) is 13.8 Å². The summed E-state index contributed by atoms with van der Waals surface area (Å²) in [6.45, 7) is 17.0. The standard InChI is InChI=1S/C18H38N2O/c1-10-12-19-15(18(7,11-2)20(8)9)14-13-16(3,4)21-17(14,5)6/h14-15,19H,10-13H2,1-9H3. The third-order valence-corrected chi connectivity index (χ3v) is 5.57. The maximum absolute atomic E-state index is 6.37. The number of hydrogen-bond acceptors (Lipinski definition) is 3. The van der Waals surface area contributed by atoms with Gasteiger partial charge in [-0.3, -0.25) is 0 Å². The molecule has 1 saturated heterocycles. The van der Waals surface area contributed by atoms with Crippen molar-refractivity contribution in [1.29, 1.82) is 0 Å². The molecule has 1 aliphatic heterocycles. The molecule has 21 heavy (non-hydrogen) atoms. The first-order chi connectivity index (χ1) is 9.50. The first-order valence-electron chi connectivity index (χ1n) is 8.61. The quantitative estimate of drug-likeness (QED) is 0.776. The zero-order chi connectivity index (χ0) is 16.5. The molecule has 1 N–H and O–H groups in total. The van der Waals surface area contributed by atoms with Gasteiger partial charge in [0.15, 0.2) is 0 Å². The van der Waals surface area contributed by atoms with Crippen LogP contribution in [0.4, 0.5) is 0 Å². The van der Waals surface area contributed by atoms with Gasteiger partial charge in [0.2, 0.25) is 0 Å². The topological polar surface area (TPSA) is 24.5 Å². The van der Waals surface area contributed by atoms with Gasteiger partial charge in [0.1, 0.15) is 0 Å². The van der Waals surface area contributed by atoms with Gasteiger partial charge in [-0.15, -0.1) is 0 Å². The van der Waals surface area contributed by atoms with Crippen LogP contribution in [-0.2, 0) is 4.74 Å². The lowest BCUT2D eigenvalue weighted by Crippen LogP contribution is -2.62. The van der Waals surface area contributed by atoms with E-state index in [-0.39, 0.29) is 16.7 Å². The van der Waals surface area contributed by atoms with Gasteiger partial charge >= 0.3 is 0 Å². The van der Waals surface area contributed by atoms with Gasteiger partial charge in [0.05, 0.1) is 11.2 Å². The SMILES string of the molecule is CCCNC(C1CC(C)(C)OC1(C)C)C(C)(CC)N(C)C. The second-order valence-electron chi connectivity index (χ2n) is 8.31. The van der Waals surface area contributed by atoms with Crippen molar-refractivity contribution in [3.05, 3.63) is 0 Å². The summed E-state index contributed by atoms with van der Waals surface area (Å²) in [5, 5.41) is 3.86. The summed E-state index contributed by atoms with van der Waals surface area (Å²) in [5.74, 6) is 0.520. The summed E-state index contributed by atoms with van der Waals surface area (Å²) in [6.07, 6.45) is 3.42. The Hall–Kier alpha value is -0.120. The van der Waals surface area contributed by atoms with E-state index in [2.05, 4.69) is 72.8 Å². The molecule has 0 amide bonds. The average Bonchev–Trinajstić information content (AvgIpc) is 2.57. The molecule has 3 atom stereocenters. The van der Waals surface area contributed by atoms with E-state index in [9.17, 15) is 0 Å². The van der Waals surface area contributed by atoms with E-state index in [0.29, 0.717) is 12.0 Å². The van der Waals surface area contributed by atoms with Crippen LogP contribution in [0.2, 0.25) is 0 Å². The number of rotatable bonds is 7. The van der Waals surface area contributed by atoms with Crippen molar-refractivity contribution in [2.75, 3.05) is 20.6 Å². The van der Waals surface area contributed by atoms with Gasteiger partial charge in [-0.05, 0) is 74.5 Å². The zero-order valence-electron chi connectivity index (χ0n) is 15.8. The number of hydrogen-bond donors (Lipinski definition) is 1. The zero-order valence-corrected chi connectivity index (χ0v) is 15.8. The molecule has 0 aromatic carbocycles. The first kappa shape index (κ1) is 18.9. The van der Waals surface area contributed by atoms with Crippen molar-refractivity contribution >= 4 is 0 Å². The minimum absolute atomic E-state index is 0.0265. The maximum atomic E-state index is 6.37. The van der Waals surface area contributed by atoms with E-state index in [0.717, 1.165) is 19.4 Å². The van der Waals surface area contributed by atoms with Crippen LogP contribution < -0.4 is 5.32 Å². The molecule has 1 heterocycles. The largest absolute Gasteiger partial charge is 0.369 e. The van der Waals surface area contributed by atoms with Crippen molar-refractivity contribution in [2.45, 2.75) is 90.5 Å². The second-order valence-corrected chi connectivity index (χ2v) is 8.31. The van der Waals surface area contributed by atoms with Crippen LogP contribution in [0, 0.1) is 5.92 Å². The lowest BCUT2D eigenvalue weighted by atomic mass is 9.72. The second kappa shape index (κ2) is 6.55. The van der Waals surface area contributed by atoms with Crippen LogP contribution in [0.5, 0.6) is 0 Å². The van der Waals surface area contributed by atoms with E-state index in [1.165, 1.54) is 6.42 Å². The lowest BCUT2D eigenvalue weighted by molar-refractivity contribution is -0.0840. The molecular weight excluding hydrogens is 260 g/mol. The molecule has 0 aliphatic carbocycles. The highest BCUT2D eigenvalue weighted by Gasteiger charge is 2.53. The Morgan fingerprint density at radius 3 is 2.14 bits per heavy atom. The van der Waals surface area contributed by atoms with E-state index in [1.54, 1.807) is 0 Å². The van der Waals surface area contributed by atoms with Crippen molar-refractivity contribution < 1.29 is 4.74 Å². The highest BCUT2D eigenvalue weighted by Crippen LogP contribution is 2.46. The molecule has 1 rings (SSSR count). The molecular formula is C18H38N2O. The van der Waals surface area contributed by atoms with Crippen LogP contribution >= 0.6 is 0 Å². The summed E-state index contributed by atoms with van der Waals surface area (Å²) in [5.41, 5.74) is 0.0313. The van der Waals surface area contributed by atoms with Crippen molar-refractivity contribution in [1.82, 2.24) is 10.2 Å². The number of likely N-dealkylation sites (N-methyl/N-ethyl adjacent to an activating group) is 1. The van der Waals surface area contributed by atoms with E-state index >= 15 is 0 Å². The molecule has 0 aromatic heterocycles. The minimum Gasteiger partial charge on any atom is -0.369 e. The van der Waals surface area contributed by atoms with Crippen LogP contribution in [0.1, 0.15) is 67.7 Å². The molecule has 3 unspecified atom stereocenters. The Balaban J connectivity index is 3.13. The smallest absolute Gasteiger partial charge is 0.0678 e. The third kappa shape index (κ3) is 4.00. The molecule has 3 nitrogen and oxygen atoms in total. The fourth-order valence-electron chi connectivity index (χ4n) is 4.03. The first-order valence-corrected chi connectivity index (χ1v) is 8.61. The van der Waals surface area contributed by atoms with Gasteiger partial charge in [-0.25, -0.2) is 0 Å². The highest BCUT2D eigenvalue weighted by molar-refractivity contribution is 5.07. The van der Waals surface area contributed by atoms with E-state index in [4.69, 9.17) is 4.74 Å². The Morgan fingerprint density at radius 1 is 1.24 bits per heavy atom. The monoisotopic (exact) mass is 298 g/mol. The molecule has 1 aliphatic rings. The number of nitrogens with zero attached hydrogens (tertiary/aromatic N) is 1. The molecule has 0 spiro atoms. The molecule has 3 heteroatoms. The van der Waals surface area contributed by atoms with Gasteiger partial charge < -0.3 is 15.0 Å². The molecule has 0 bridgehead atoms. The molecule has 126 valence electrons. The van der Waals surface area contributed by atoms with Crippen LogP contribution in [0.3, 0.4) is 0 Å². The normalized spacial score (nSPS) is 28.6. The summed E-state index contributed by atoms with van der Waals surface area (Å²) in [6, 6.07) is 0.439. The number of ether oxygens (including phenoxy) is 1. The average molecular weight is 299 g/mol. The van der Waals surface area contributed by atoms with Crippen molar-refractivity contribution in [2.24, 2.45) is 5.92 Å². The van der Waals surface area contributed by atoms with E-state index in [1.807, 2.05) is 0 Å². The summed E-state index contributed by atoms with van der Waals surface area (Å²) in [4.78, 5) is 2.39. The Labute approximate surface area is 132 Å². The minimum atomic E-state index is -0.0820. The van der Waals surface area contributed by atoms with Crippen LogP contribution in [-0.4, -0.2) is 48.3 Å². The molecule has 0 aromatic rings. The third-order valence-electron chi connectivity index (χ3n) is 5.57. The Bertz CT molecular complexity index is 338.